The number of benzene rings is 1. The number of ether oxygens (including phenoxy) is 1. The van der Waals surface area contributed by atoms with Gasteiger partial charge in [-0.05, 0) is 6.07 Å². The SMILES string of the molecule is COCCc1onc(N)c1-c1ccccc1Cl. The number of nitrogens with zero attached hydrogens (tertiary/aromatic N) is 1. The van der Waals surface area contributed by atoms with Gasteiger partial charge in [-0.25, -0.2) is 0 Å². The zero-order valence-corrected chi connectivity index (χ0v) is 10.2. The van der Waals surface area contributed by atoms with Crippen LogP contribution in [-0.2, 0) is 11.2 Å². The van der Waals surface area contributed by atoms with Gasteiger partial charge in [0.1, 0.15) is 5.76 Å². The number of nitrogens with two attached hydrogens (primary N) is 1. The van der Waals surface area contributed by atoms with E-state index in [4.69, 9.17) is 26.6 Å². The minimum absolute atomic E-state index is 0.351. The van der Waals surface area contributed by atoms with Gasteiger partial charge in [0, 0.05) is 24.1 Å². The van der Waals surface area contributed by atoms with E-state index in [9.17, 15) is 0 Å². The third-order valence-electron chi connectivity index (χ3n) is 2.47. The number of aromatic nitrogens is 1. The summed E-state index contributed by atoms with van der Waals surface area (Å²) >= 11 is 6.14. The standard InChI is InChI=1S/C12H13ClN2O2/c1-16-7-6-10-11(12(14)15-17-10)8-4-2-3-5-9(8)13/h2-5H,6-7H2,1H3,(H2,14,15). The molecule has 90 valence electrons. The van der Waals surface area contributed by atoms with Crippen molar-refractivity contribution in [3.63, 3.8) is 0 Å². The molecule has 2 rings (SSSR count). The topological polar surface area (TPSA) is 61.3 Å². The highest BCUT2D eigenvalue weighted by molar-refractivity contribution is 6.33. The maximum absolute atomic E-state index is 6.14. The summed E-state index contributed by atoms with van der Waals surface area (Å²) in [4.78, 5) is 0. The fourth-order valence-electron chi connectivity index (χ4n) is 1.66. The molecule has 0 saturated heterocycles. The molecule has 1 heterocycles. The summed E-state index contributed by atoms with van der Waals surface area (Å²) in [5, 5.41) is 4.40. The quantitative estimate of drug-likeness (QED) is 0.909. The van der Waals surface area contributed by atoms with Crippen LogP contribution >= 0.6 is 11.6 Å². The molecule has 0 saturated carbocycles. The largest absolute Gasteiger partial charge is 0.384 e. The van der Waals surface area contributed by atoms with E-state index >= 15 is 0 Å². The zero-order valence-electron chi connectivity index (χ0n) is 9.44. The summed E-state index contributed by atoms with van der Waals surface area (Å²) < 4.78 is 10.2. The molecule has 4 nitrogen and oxygen atoms in total. The number of nitrogen functional groups attached to an aromatic ring is 1. The smallest absolute Gasteiger partial charge is 0.175 e. The molecule has 0 aliphatic carbocycles. The normalized spacial score (nSPS) is 10.7. The summed E-state index contributed by atoms with van der Waals surface area (Å²) in [5.41, 5.74) is 7.40. The first-order valence-corrected chi connectivity index (χ1v) is 5.59. The minimum Gasteiger partial charge on any atom is -0.384 e. The van der Waals surface area contributed by atoms with Crippen LogP contribution in [0.5, 0.6) is 0 Å². The number of rotatable bonds is 4. The number of hydrogen-bond donors (Lipinski definition) is 1. The van der Waals surface area contributed by atoms with Gasteiger partial charge in [-0.15, -0.1) is 0 Å². The Morgan fingerprint density at radius 1 is 1.41 bits per heavy atom. The van der Waals surface area contributed by atoms with Gasteiger partial charge in [-0.1, -0.05) is 35.0 Å². The van der Waals surface area contributed by atoms with E-state index in [1.807, 2.05) is 24.3 Å². The van der Waals surface area contributed by atoms with E-state index in [1.165, 1.54) is 0 Å². The monoisotopic (exact) mass is 252 g/mol. The van der Waals surface area contributed by atoms with Crippen molar-refractivity contribution in [2.75, 3.05) is 19.5 Å². The lowest BCUT2D eigenvalue weighted by Gasteiger charge is -2.04. The van der Waals surface area contributed by atoms with Gasteiger partial charge in [-0.2, -0.15) is 0 Å². The van der Waals surface area contributed by atoms with Crippen LogP contribution in [0, 0.1) is 0 Å². The van der Waals surface area contributed by atoms with E-state index in [0.717, 1.165) is 11.1 Å². The van der Waals surface area contributed by atoms with Gasteiger partial charge in [0.2, 0.25) is 0 Å². The first-order valence-electron chi connectivity index (χ1n) is 5.22. The number of halogens is 1. The lowest BCUT2D eigenvalue weighted by atomic mass is 10.0. The zero-order chi connectivity index (χ0) is 12.3. The maximum atomic E-state index is 6.14. The van der Waals surface area contributed by atoms with E-state index in [2.05, 4.69) is 5.16 Å². The Balaban J connectivity index is 2.44. The van der Waals surface area contributed by atoms with Crippen molar-refractivity contribution in [1.82, 2.24) is 5.16 Å². The predicted molar refractivity (Wildman–Crippen MR) is 66.9 cm³/mol. The molecule has 0 fully saturated rings. The van der Waals surface area contributed by atoms with Crippen LogP contribution in [0.15, 0.2) is 28.8 Å². The van der Waals surface area contributed by atoms with Gasteiger partial charge in [0.05, 0.1) is 12.2 Å². The van der Waals surface area contributed by atoms with Gasteiger partial charge < -0.3 is 15.0 Å². The van der Waals surface area contributed by atoms with Crippen molar-refractivity contribution in [2.24, 2.45) is 0 Å². The van der Waals surface area contributed by atoms with Crippen LogP contribution in [0.3, 0.4) is 0 Å². The highest BCUT2D eigenvalue weighted by atomic mass is 35.5. The summed E-state index contributed by atoms with van der Waals surface area (Å²) in [6, 6.07) is 7.46. The van der Waals surface area contributed by atoms with E-state index < -0.39 is 0 Å². The van der Waals surface area contributed by atoms with Gasteiger partial charge in [-0.3, -0.25) is 0 Å². The second kappa shape index (κ2) is 5.21. The van der Waals surface area contributed by atoms with Gasteiger partial charge in [0.15, 0.2) is 5.82 Å². The fraction of sp³-hybridized carbons (Fsp3) is 0.250. The molecule has 0 aliphatic rings. The lowest BCUT2D eigenvalue weighted by molar-refractivity contribution is 0.193. The lowest BCUT2D eigenvalue weighted by Crippen LogP contribution is -1.96. The van der Waals surface area contributed by atoms with Crippen molar-refractivity contribution in [3.8, 4) is 11.1 Å². The van der Waals surface area contributed by atoms with Gasteiger partial charge in [0.25, 0.3) is 0 Å². The van der Waals surface area contributed by atoms with Crippen molar-refractivity contribution in [2.45, 2.75) is 6.42 Å². The molecule has 0 amide bonds. The second-order valence-corrected chi connectivity index (χ2v) is 4.00. The second-order valence-electron chi connectivity index (χ2n) is 3.59. The van der Waals surface area contributed by atoms with Crippen LogP contribution in [0.4, 0.5) is 5.82 Å². The Kier molecular flexibility index (Phi) is 3.66. The van der Waals surface area contributed by atoms with E-state index in [1.54, 1.807) is 7.11 Å². The Morgan fingerprint density at radius 3 is 2.88 bits per heavy atom. The summed E-state index contributed by atoms with van der Waals surface area (Å²) in [6.07, 6.45) is 0.612. The Labute approximate surface area is 104 Å². The molecule has 1 aromatic heterocycles. The Morgan fingerprint density at radius 2 is 2.18 bits per heavy atom. The summed E-state index contributed by atoms with van der Waals surface area (Å²) in [7, 11) is 1.63. The van der Waals surface area contributed by atoms with Crippen molar-refractivity contribution >= 4 is 17.4 Å². The molecule has 2 aromatic rings. The average Bonchev–Trinajstić information content (AvgIpc) is 2.69. The molecule has 0 radical (unpaired) electrons. The first-order chi connectivity index (χ1) is 8.24. The number of methoxy groups -OCH3 is 1. The first kappa shape index (κ1) is 12.0. The van der Waals surface area contributed by atoms with Crippen LogP contribution in [0.1, 0.15) is 5.76 Å². The average molecular weight is 253 g/mol. The Bertz CT molecular complexity index is 511. The van der Waals surface area contributed by atoms with Crippen molar-refractivity contribution < 1.29 is 9.26 Å². The molecule has 0 atom stereocenters. The van der Waals surface area contributed by atoms with Crippen LogP contribution in [0.2, 0.25) is 5.02 Å². The molecule has 1 aromatic carbocycles. The van der Waals surface area contributed by atoms with Crippen molar-refractivity contribution in [3.05, 3.63) is 35.0 Å². The molecular formula is C12H13ClN2O2. The molecule has 2 N–H and O–H groups in total. The Hall–Kier alpha value is -1.52. The third kappa shape index (κ3) is 2.43. The summed E-state index contributed by atoms with van der Waals surface area (Å²) in [6.45, 7) is 0.548. The molecule has 0 bridgehead atoms. The van der Waals surface area contributed by atoms with Crippen LogP contribution in [0.25, 0.3) is 11.1 Å². The molecule has 17 heavy (non-hydrogen) atoms. The van der Waals surface area contributed by atoms with Crippen molar-refractivity contribution in [1.29, 1.82) is 0 Å². The van der Waals surface area contributed by atoms with E-state index in [0.29, 0.717) is 29.6 Å². The number of anilines is 1. The molecular weight excluding hydrogens is 240 g/mol. The van der Waals surface area contributed by atoms with E-state index in [-0.39, 0.29) is 0 Å². The maximum Gasteiger partial charge on any atom is 0.175 e. The predicted octanol–water partition coefficient (Wildman–Crippen LogP) is 2.77. The highest BCUT2D eigenvalue weighted by Gasteiger charge is 2.17. The van der Waals surface area contributed by atoms with Gasteiger partial charge >= 0.3 is 0 Å². The molecule has 0 spiro atoms. The molecule has 0 aliphatic heterocycles. The number of hydrogen-bond acceptors (Lipinski definition) is 4. The minimum atomic E-state index is 0.351. The molecule has 5 heteroatoms. The third-order valence-corrected chi connectivity index (χ3v) is 2.80. The van der Waals surface area contributed by atoms with Crippen LogP contribution < -0.4 is 5.73 Å². The fourth-order valence-corrected chi connectivity index (χ4v) is 1.89. The highest BCUT2D eigenvalue weighted by Crippen LogP contribution is 2.34. The summed E-state index contributed by atoms with van der Waals surface area (Å²) in [5.74, 6) is 1.04. The van der Waals surface area contributed by atoms with Crippen LogP contribution in [-0.4, -0.2) is 18.9 Å². The molecule has 0 unspecified atom stereocenters.